The summed E-state index contributed by atoms with van der Waals surface area (Å²) in [4.78, 5) is 4.63. The molecule has 13 rings (SSSR count). The molecule has 0 N–H and O–H groups in total. The van der Waals surface area contributed by atoms with E-state index < -0.39 is 0 Å². The smallest absolute Gasteiger partial charge is 0.160 e. The molecule has 0 saturated heterocycles. The molecule has 0 bridgehead atoms. The van der Waals surface area contributed by atoms with E-state index in [-0.39, 0.29) is 10.8 Å². The second-order valence-corrected chi connectivity index (χ2v) is 21.0. The first-order valence-electron chi connectivity index (χ1n) is 24.2. The SMILES string of the molecule is Cc1ccccc1N(c1ccc(C(C)(C)C)cc1)c1cc2oc3cc4c(cc3c2c2c1oc1ccccc12)oc1cc(N(c2ccc(C(C)(C)C)cc2)c2ccccc2C)c2oc3ccccc3c2c14. The Kier molecular flexibility index (Phi) is 9.07. The van der Waals surface area contributed by atoms with Gasteiger partial charge in [-0.05, 0) is 108 Å². The van der Waals surface area contributed by atoms with Crippen molar-refractivity contribution < 1.29 is 17.7 Å². The minimum Gasteiger partial charge on any atom is -0.456 e. The van der Waals surface area contributed by atoms with Gasteiger partial charge in [0.2, 0.25) is 0 Å². The fourth-order valence-electron chi connectivity index (χ4n) is 10.8. The average Bonchev–Trinajstić information content (AvgIpc) is 4.12. The summed E-state index contributed by atoms with van der Waals surface area (Å²) < 4.78 is 28.2. The Hall–Kier alpha value is -8.22. The Morgan fingerprint density at radius 1 is 0.314 bits per heavy atom. The Labute approximate surface area is 405 Å². The maximum absolute atomic E-state index is 7.13. The fraction of sp³-hybridized carbons (Fsp3) is 0.156. The largest absolute Gasteiger partial charge is 0.456 e. The molecule has 0 aliphatic rings. The first-order valence-corrected chi connectivity index (χ1v) is 24.2. The van der Waals surface area contributed by atoms with Gasteiger partial charge in [0, 0.05) is 78.0 Å². The van der Waals surface area contributed by atoms with Gasteiger partial charge in [-0.25, -0.2) is 0 Å². The zero-order valence-electron chi connectivity index (χ0n) is 40.7. The van der Waals surface area contributed by atoms with E-state index in [9.17, 15) is 0 Å². The second kappa shape index (κ2) is 15.1. The average molecular weight is 913 g/mol. The zero-order valence-corrected chi connectivity index (χ0v) is 40.7. The van der Waals surface area contributed by atoms with Crippen LogP contribution >= 0.6 is 0 Å². The monoisotopic (exact) mass is 912 g/mol. The molecule has 0 atom stereocenters. The van der Waals surface area contributed by atoms with Gasteiger partial charge in [-0.3, -0.25) is 0 Å². The molecule has 0 spiro atoms. The van der Waals surface area contributed by atoms with E-state index in [1.165, 1.54) is 11.1 Å². The summed E-state index contributed by atoms with van der Waals surface area (Å²) in [5.41, 5.74) is 17.1. The number of rotatable bonds is 6. The third-order valence-corrected chi connectivity index (χ3v) is 14.4. The Morgan fingerprint density at radius 2 is 0.686 bits per heavy atom. The molecule has 0 radical (unpaired) electrons. The Balaban J connectivity index is 1.09. The Bertz CT molecular complexity index is 3950. The summed E-state index contributed by atoms with van der Waals surface area (Å²) in [5, 5.41) is 7.92. The number of benzene rings is 9. The van der Waals surface area contributed by atoms with Gasteiger partial charge in [-0.1, -0.05) is 139 Å². The highest BCUT2D eigenvalue weighted by Gasteiger charge is 2.29. The van der Waals surface area contributed by atoms with Crippen molar-refractivity contribution in [2.45, 2.75) is 66.2 Å². The molecule has 70 heavy (non-hydrogen) atoms. The molecule has 6 nitrogen and oxygen atoms in total. The summed E-state index contributed by atoms with van der Waals surface area (Å²) in [6.07, 6.45) is 0. The van der Waals surface area contributed by atoms with Crippen LogP contribution in [0.1, 0.15) is 63.8 Å². The van der Waals surface area contributed by atoms with Gasteiger partial charge < -0.3 is 27.5 Å². The van der Waals surface area contributed by atoms with Gasteiger partial charge in [0.1, 0.15) is 33.5 Å². The number of nitrogens with zero attached hydrogens (tertiary/aromatic N) is 2. The lowest BCUT2D eigenvalue weighted by molar-refractivity contribution is 0.590. The minimum absolute atomic E-state index is 0.00898. The van der Waals surface area contributed by atoms with Gasteiger partial charge in [-0.15, -0.1) is 0 Å². The number of aryl methyl sites for hydroxylation is 2. The number of para-hydroxylation sites is 4. The fourth-order valence-corrected chi connectivity index (χ4v) is 10.8. The van der Waals surface area contributed by atoms with Crippen molar-refractivity contribution in [2.75, 3.05) is 9.80 Å². The van der Waals surface area contributed by atoms with Crippen LogP contribution in [0.4, 0.5) is 34.1 Å². The van der Waals surface area contributed by atoms with Crippen molar-refractivity contribution >= 4 is 122 Å². The van der Waals surface area contributed by atoms with E-state index >= 15 is 0 Å². The van der Waals surface area contributed by atoms with Crippen LogP contribution in [-0.2, 0) is 10.8 Å². The molecule has 0 saturated carbocycles. The zero-order chi connectivity index (χ0) is 47.8. The predicted molar refractivity (Wildman–Crippen MR) is 292 cm³/mol. The highest BCUT2D eigenvalue weighted by Crippen LogP contribution is 2.52. The van der Waals surface area contributed by atoms with Crippen LogP contribution in [0.5, 0.6) is 0 Å². The standard InChI is InChI=1S/C64H52N2O4/c1-37-17-9-13-21-47(37)65(41-29-25-39(26-30-41)63(3,4)5)49-35-55-57(59-43-19-11-15-23-51(43)69-61(49)59)45-33-54-46(34-53(45)67-55)58-56(68-54)36-50(62-60(58)44-20-12-16-24-52(44)70-62)66(48-22-14-10-18-38(48)2)42-31-27-40(28-32-42)64(6,7)8/h9-36H,1-8H3. The third-order valence-electron chi connectivity index (χ3n) is 14.4. The van der Waals surface area contributed by atoms with E-state index in [1.807, 2.05) is 12.1 Å². The van der Waals surface area contributed by atoms with Crippen molar-refractivity contribution in [3.05, 3.63) is 192 Å². The number of fused-ring (bicyclic) bond motifs is 14. The van der Waals surface area contributed by atoms with Gasteiger partial charge in [0.15, 0.2) is 11.2 Å². The molecular formula is C64H52N2O4. The molecule has 4 aromatic heterocycles. The quantitative estimate of drug-likeness (QED) is 0.166. The summed E-state index contributed by atoms with van der Waals surface area (Å²) in [6, 6.07) is 60.2. The van der Waals surface area contributed by atoms with Crippen molar-refractivity contribution in [1.82, 2.24) is 0 Å². The first kappa shape index (κ1) is 41.9. The third kappa shape index (κ3) is 6.39. The van der Waals surface area contributed by atoms with Gasteiger partial charge in [0.05, 0.1) is 11.4 Å². The number of anilines is 6. The summed E-state index contributed by atoms with van der Waals surface area (Å²) in [6.45, 7) is 17.8. The Morgan fingerprint density at radius 3 is 1.07 bits per heavy atom. The molecule has 0 aliphatic heterocycles. The normalized spacial score (nSPS) is 12.6. The minimum atomic E-state index is 0.00898. The number of hydrogen-bond donors (Lipinski definition) is 0. The van der Waals surface area contributed by atoms with E-state index in [1.54, 1.807) is 0 Å². The topological polar surface area (TPSA) is 59.0 Å². The van der Waals surface area contributed by atoms with Crippen LogP contribution in [0.2, 0.25) is 0 Å². The molecule has 4 heterocycles. The lowest BCUT2D eigenvalue weighted by atomic mass is 9.87. The van der Waals surface area contributed by atoms with Crippen LogP contribution in [0, 0.1) is 13.8 Å². The van der Waals surface area contributed by atoms with E-state index in [0.717, 1.165) is 133 Å². The molecule has 342 valence electrons. The van der Waals surface area contributed by atoms with E-state index in [4.69, 9.17) is 17.7 Å². The van der Waals surface area contributed by atoms with Crippen LogP contribution in [0.3, 0.4) is 0 Å². The molecule has 6 heteroatoms. The maximum Gasteiger partial charge on any atom is 0.160 e. The van der Waals surface area contributed by atoms with Crippen LogP contribution < -0.4 is 9.80 Å². The maximum atomic E-state index is 7.13. The predicted octanol–water partition coefficient (Wildman–Crippen LogP) is 19.4. The number of furan rings is 4. The van der Waals surface area contributed by atoms with Crippen LogP contribution in [0.25, 0.3) is 87.8 Å². The highest BCUT2D eigenvalue weighted by molar-refractivity contribution is 6.33. The van der Waals surface area contributed by atoms with Crippen molar-refractivity contribution in [3.63, 3.8) is 0 Å². The van der Waals surface area contributed by atoms with E-state index in [0.29, 0.717) is 0 Å². The summed E-state index contributed by atoms with van der Waals surface area (Å²) in [7, 11) is 0. The number of hydrogen-bond acceptors (Lipinski definition) is 6. The summed E-state index contributed by atoms with van der Waals surface area (Å²) in [5.74, 6) is 0. The molecule has 9 aromatic carbocycles. The first-order chi connectivity index (χ1) is 33.8. The second-order valence-electron chi connectivity index (χ2n) is 21.0. The van der Waals surface area contributed by atoms with Gasteiger partial charge in [-0.2, -0.15) is 0 Å². The van der Waals surface area contributed by atoms with Gasteiger partial charge >= 0.3 is 0 Å². The molecule has 13 aromatic rings. The van der Waals surface area contributed by atoms with Crippen molar-refractivity contribution in [2.24, 2.45) is 0 Å². The lowest BCUT2D eigenvalue weighted by Crippen LogP contribution is -2.14. The molecule has 0 aliphatic carbocycles. The molecule has 0 fully saturated rings. The molecule has 0 unspecified atom stereocenters. The van der Waals surface area contributed by atoms with Crippen molar-refractivity contribution in [3.8, 4) is 0 Å². The van der Waals surface area contributed by atoms with Gasteiger partial charge in [0.25, 0.3) is 0 Å². The molecule has 0 amide bonds. The lowest BCUT2D eigenvalue weighted by Gasteiger charge is -2.28. The van der Waals surface area contributed by atoms with Crippen LogP contribution in [-0.4, -0.2) is 0 Å². The molecular weight excluding hydrogens is 861 g/mol. The van der Waals surface area contributed by atoms with Crippen molar-refractivity contribution in [1.29, 1.82) is 0 Å². The van der Waals surface area contributed by atoms with E-state index in [2.05, 4.69) is 223 Å². The van der Waals surface area contributed by atoms with Crippen LogP contribution in [0.15, 0.2) is 188 Å². The summed E-state index contributed by atoms with van der Waals surface area (Å²) >= 11 is 0. The highest BCUT2D eigenvalue weighted by atomic mass is 16.3.